The molecule has 0 unspecified atom stereocenters. The van der Waals surface area contributed by atoms with E-state index in [4.69, 9.17) is 0 Å². The van der Waals surface area contributed by atoms with Gasteiger partial charge >= 0.3 is 0 Å². The monoisotopic (exact) mass is 185 g/mol. The van der Waals surface area contributed by atoms with Crippen LogP contribution in [0.15, 0.2) is 0 Å². The third kappa shape index (κ3) is 2.67. The summed E-state index contributed by atoms with van der Waals surface area (Å²) in [5.74, 6) is 0.0897. The highest BCUT2D eigenvalue weighted by Gasteiger charge is 2.21. The average Bonchev–Trinajstić information content (AvgIpc) is 2.04. The summed E-state index contributed by atoms with van der Waals surface area (Å²) in [5, 5.41) is 5.68. The first kappa shape index (κ1) is 10.5. The van der Waals surface area contributed by atoms with Crippen molar-refractivity contribution in [1.82, 2.24) is 15.1 Å². The highest BCUT2D eigenvalue weighted by molar-refractivity contribution is 5.72. The van der Waals surface area contributed by atoms with E-state index in [0.717, 1.165) is 13.1 Å². The number of hydrogen-bond acceptors (Lipinski definition) is 3. The first-order valence-electron chi connectivity index (χ1n) is 4.85. The van der Waals surface area contributed by atoms with Gasteiger partial charge in [0.2, 0.25) is 5.91 Å². The molecule has 0 radical (unpaired) electrons. The molecule has 1 aliphatic heterocycles. The molecule has 0 aromatic heterocycles. The molecule has 0 aromatic rings. The molecular formula is C9H19N3O. The minimum Gasteiger partial charge on any atom is -0.272 e. The molecule has 0 aromatic carbocycles. The van der Waals surface area contributed by atoms with Gasteiger partial charge in [-0.25, -0.2) is 15.1 Å². The molecule has 1 rings (SSSR count). The Bertz CT molecular complexity index is 176. The SMILES string of the molecule is CC(=O)N(N(C)C)N1CCCCC1. The number of amides is 1. The molecule has 0 spiro atoms. The van der Waals surface area contributed by atoms with Gasteiger partial charge in [-0.2, -0.15) is 0 Å². The lowest BCUT2D eigenvalue weighted by Crippen LogP contribution is -2.54. The Labute approximate surface area is 80.0 Å². The summed E-state index contributed by atoms with van der Waals surface area (Å²) >= 11 is 0. The van der Waals surface area contributed by atoms with E-state index in [-0.39, 0.29) is 5.91 Å². The predicted octanol–water partition coefficient (Wildman–Crippen LogP) is 0.712. The van der Waals surface area contributed by atoms with Crippen molar-refractivity contribution in [3.05, 3.63) is 0 Å². The second-order valence-corrected chi connectivity index (χ2v) is 3.67. The van der Waals surface area contributed by atoms with Crippen LogP contribution in [0.3, 0.4) is 0 Å². The van der Waals surface area contributed by atoms with Crippen molar-refractivity contribution in [2.75, 3.05) is 27.2 Å². The fraction of sp³-hybridized carbons (Fsp3) is 0.889. The van der Waals surface area contributed by atoms with Crippen molar-refractivity contribution in [1.29, 1.82) is 0 Å². The summed E-state index contributed by atoms with van der Waals surface area (Å²) in [5.41, 5.74) is 0. The zero-order valence-corrected chi connectivity index (χ0v) is 8.79. The van der Waals surface area contributed by atoms with Crippen LogP contribution in [0.1, 0.15) is 26.2 Å². The van der Waals surface area contributed by atoms with Crippen molar-refractivity contribution in [3.8, 4) is 0 Å². The van der Waals surface area contributed by atoms with E-state index < -0.39 is 0 Å². The lowest BCUT2D eigenvalue weighted by Gasteiger charge is -2.39. The van der Waals surface area contributed by atoms with Gasteiger partial charge in [0, 0.05) is 34.1 Å². The molecule has 1 amide bonds. The number of carbonyl (C=O) groups excluding carboxylic acids is 1. The van der Waals surface area contributed by atoms with E-state index in [1.807, 2.05) is 19.1 Å². The van der Waals surface area contributed by atoms with Crippen LogP contribution < -0.4 is 0 Å². The molecule has 4 nitrogen and oxygen atoms in total. The highest BCUT2D eigenvalue weighted by Crippen LogP contribution is 2.12. The van der Waals surface area contributed by atoms with Crippen LogP contribution >= 0.6 is 0 Å². The molecular weight excluding hydrogens is 166 g/mol. The number of rotatable bonds is 2. The number of carbonyl (C=O) groups is 1. The Balaban J connectivity index is 2.57. The fourth-order valence-electron chi connectivity index (χ4n) is 1.80. The predicted molar refractivity (Wildman–Crippen MR) is 51.6 cm³/mol. The summed E-state index contributed by atoms with van der Waals surface area (Å²) in [6.45, 7) is 3.60. The normalized spacial score (nSPS) is 19.1. The van der Waals surface area contributed by atoms with Gasteiger partial charge in [-0.15, -0.1) is 0 Å². The molecule has 0 bridgehead atoms. The maximum Gasteiger partial charge on any atom is 0.248 e. The third-order valence-corrected chi connectivity index (χ3v) is 2.26. The first-order chi connectivity index (χ1) is 6.13. The quantitative estimate of drug-likeness (QED) is 0.593. The molecule has 1 fully saturated rings. The maximum atomic E-state index is 11.3. The van der Waals surface area contributed by atoms with Gasteiger partial charge in [-0.1, -0.05) is 6.42 Å². The lowest BCUT2D eigenvalue weighted by atomic mass is 10.2. The second-order valence-electron chi connectivity index (χ2n) is 3.67. The Morgan fingerprint density at radius 1 is 1.15 bits per heavy atom. The molecule has 0 N–H and O–H groups in total. The molecule has 1 heterocycles. The van der Waals surface area contributed by atoms with Crippen LogP contribution in [0.25, 0.3) is 0 Å². The van der Waals surface area contributed by atoms with Crippen LogP contribution in [-0.2, 0) is 4.79 Å². The van der Waals surface area contributed by atoms with Gasteiger partial charge in [0.1, 0.15) is 0 Å². The molecule has 1 saturated heterocycles. The molecule has 13 heavy (non-hydrogen) atoms. The van der Waals surface area contributed by atoms with E-state index in [2.05, 4.69) is 5.01 Å². The van der Waals surface area contributed by atoms with Gasteiger partial charge in [0.15, 0.2) is 0 Å². The number of hydrogen-bond donors (Lipinski definition) is 0. The second kappa shape index (κ2) is 4.58. The topological polar surface area (TPSA) is 26.8 Å². The van der Waals surface area contributed by atoms with Gasteiger partial charge in [-0.05, 0) is 12.8 Å². The zero-order valence-electron chi connectivity index (χ0n) is 8.79. The third-order valence-electron chi connectivity index (χ3n) is 2.26. The maximum absolute atomic E-state index is 11.3. The largest absolute Gasteiger partial charge is 0.272 e. The zero-order chi connectivity index (χ0) is 9.84. The van der Waals surface area contributed by atoms with E-state index in [1.54, 1.807) is 12.0 Å². The standard InChI is InChI=1S/C9H19N3O/c1-9(13)12(10(2)3)11-7-5-4-6-8-11/h4-8H2,1-3H3. The van der Waals surface area contributed by atoms with Crippen molar-refractivity contribution >= 4 is 5.91 Å². The van der Waals surface area contributed by atoms with Crippen molar-refractivity contribution in [2.24, 2.45) is 0 Å². The van der Waals surface area contributed by atoms with E-state index >= 15 is 0 Å². The molecule has 1 aliphatic rings. The number of piperidine rings is 1. The minimum atomic E-state index is 0.0897. The summed E-state index contributed by atoms with van der Waals surface area (Å²) < 4.78 is 0. The van der Waals surface area contributed by atoms with Crippen LogP contribution in [0.5, 0.6) is 0 Å². The van der Waals surface area contributed by atoms with Crippen LogP contribution in [0.4, 0.5) is 0 Å². The van der Waals surface area contributed by atoms with Crippen LogP contribution in [-0.4, -0.2) is 48.2 Å². The summed E-state index contributed by atoms with van der Waals surface area (Å²) in [6.07, 6.45) is 3.67. The molecule has 4 heteroatoms. The smallest absolute Gasteiger partial charge is 0.248 e. The van der Waals surface area contributed by atoms with Gasteiger partial charge < -0.3 is 0 Å². The summed E-state index contributed by atoms with van der Waals surface area (Å²) in [6, 6.07) is 0. The van der Waals surface area contributed by atoms with E-state index in [0.29, 0.717) is 0 Å². The summed E-state index contributed by atoms with van der Waals surface area (Å²) in [7, 11) is 3.80. The summed E-state index contributed by atoms with van der Waals surface area (Å²) in [4.78, 5) is 11.3. The van der Waals surface area contributed by atoms with Crippen LogP contribution in [0.2, 0.25) is 0 Å². The van der Waals surface area contributed by atoms with Gasteiger partial charge in [0.25, 0.3) is 0 Å². The highest BCUT2D eigenvalue weighted by atomic mass is 16.2. The Kier molecular flexibility index (Phi) is 3.69. The van der Waals surface area contributed by atoms with E-state index in [1.165, 1.54) is 19.3 Å². The van der Waals surface area contributed by atoms with Crippen molar-refractivity contribution < 1.29 is 4.79 Å². The van der Waals surface area contributed by atoms with Crippen LogP contribution in [0, 0.1) is 0 Å². The lowest BCUT2D eigenvalue weighted by molar-refractivity contribution is -0.189. The first-order valence-corrected chi connectivity index (χ1v) is 4.85. The van der Waals surface area contributed by atoms with Gasteiger partial charge in [0.05, 0.1) is 0 Å². The number of hydrazine groups is 2. The Morgan fingerprint density at radius 2 is 1.69 bits per heavy atom. The molecule has 76 valence electrons. The Morgan fingerprint density at radius 3 is 2.08 bits per heavy atom. The minimum absolute atomic E-state index is 0.0897. The van der Waals surface area contributed by atoms with E-state index in [9.17, 15) is 4.79 Å². The molecule has 0 aliphatic carbocycles. The fourth-order valence-corrected chi connectivity index (χ4v) is 1.80. The number of nitrogens with zero attached hydrogens (tertiary/aromatic N) is 3. The molecule has 0 saturated carbocycles. The van der Waals surface area contributed by atoms with Gasteiger partial charge in [-0.3, -0.25) is 4.79 Å². The van der Waals surface area contributed by atoms with Crippen molar-refractivity contribution in [2.45, 2.75) is 26.2 Å². The molecule has 0 atom stereocenters. The Hall–Kier alpha value is -0.610. The van der Waals surface area contributed by atoms with Crippen molar-refractivity contribution in [3.63, 3.8) is 0 Å². The average molecular weight is 185 g/mol.